The number of carboxylic acids is 1. The Morgan fingerprint density at radius 1 is 0.867 bits per heavy atom. The van der Waals surface area contributed by atoms with Crippen LogP contribution in [0.3, 0.4) is 0 Å². The molecule has 6 aromatic rings. The average molecular weight is 599 g/mol. The first-order chi connectivity index (χ1) is 22.0. The highest BCUT2D eigenvalue weighted by Gasteiger charge is 2.39. The van der Waals surface area contributed by atoms with Crippen LogP contribution in [0.4, 0.5) is 5.95 Å². The van der Waals surface area contributed by atoms with Crippen molar-refractivity contribution in [1.29, 1.82) is 0 Å². The van der Waals surface area contributed by atoms with Crippen molar-refractivity contribution in [1.82, 2.24) is 24.6 Å². The van der Waals surface area contributed by atoms with Crippen LogP contribution in [0, 0.1) is 0 Å². The third-order valence-corrected chi connectivity index (χ3v) is 8.03. The Bertz CT molecular complexity index is 1800. The molecule has 0 saturated carbocycles. The molecule has 6 rings (SSSR count). The standard InChI is InChI=1S/C36H34N6O3/c1-26(34(44)45)40-33(43)27-18-19-32-28(24-27)25-39-42(32)22-11-20-37-35-38-21-23-41(35)36(29-12-5-2-6-13-29,30-14-7-3-8-15-30)31-16-9-4-10-17-31/h2-10,12-19,21,23-26H,11,20,22H2,1H3,(H,37,38)(H,40,43)(H,44,45). The number of carbonyl (C=O) groups is 2. The minimum absolute atomic E-state index is 0.391. The van der Waals surface area contributed by atoms with Crippen LogP contribution in [0.15, 0.2) is 128 Å². The lowest BCUT2D eigenvalue weighted by Gasteiger charge is -2.38. The molecule has 3 N–H and O–H groups in total. The highest BCUT2D eigenvalue weighted by Crippen LogP contribution is 2.42. The molecule has 0 spiro atoms. The number of carbonyl (C=O) groups excluding carboxylic acids is 1. The van der Waals surface area contributed by atoms with Crippen molar-refractivity contribution in [3.05, 3.63) is 150 Å². The summed E-state index contributed by atoms with van der Waals surface area (Å²) in [5.74, 6) is -0.765. The quantitative estimate of drug-likeness (QED) is 0.122. The second-order valence-corrected chi connectivity index (χ2v) is 10.9. The molecule has 9 nitrogen and oxygen atoms in total. The number of aliphatic carboxylic acids is 1. The van der Waals surface area contributed by atoms with Gasteiger partial charge in [-0.1, -0.05) is 91.0 Å². The van der Waals surface area contributed by atoms with Crippen molar-refractivity contribution in [2.45, 2.75) is 31.5 Å². The second kappa shape index (κ2) is 12.9. The average Bonchev–Trinajstić information content (AvgIpc) is 3.72. The molecule has 0 saturated heterocycles. The molecule has 0 aliphatic carbocycles. The van der Waals surface area contributed by atoms with Gasteiger partial charge in [-0.25, -0.2) is 4.98 Å². The zero-order valence-electron chi connectivity index (χ0n) is 24.9. The summed E-state index contributed by atoms with van der Waals surface area (Å²) in [5, 5.41) is 20.5. The monoisotopic (exact) mass is 598 g/mol. The van der Waals surface area contributed by atoms with Gasteiger partial charge in [0.1, 0.15) is 11.6 Å². The summed E-state index contributed by atoms with van der Waals surface area (Å²) < 4.78 is 4.13. The lowest BCUT2D eigenvalue weighted by atomic mass is 9.76. The van der Waals surface area contributed by atoms with Crippen LogP contribution < -0.4 is 10.6 Å². The molecule has 0 fully saturated rings. The molecule has 4 aromatic carbocycles. The fourth-order valence-electron chi connectivity index (χ4n) is 5.84. The lowest BCUT2D eigenvalue weighted by Crippen LogP contribution is -2.38. The number of amides is 1. The van der Waals surface area contributed by atoms with Gasteiger partial charge >= 0.3 is 5.97 Å². The number of fused-ring (bicyclic) bond motifs is 1. The van der Waals surface area contributed by atoms with E-state index in [0.29, 0.717) is 18.7 Å². The number of nitrogens with zero attached hydrogens (tertiary/aromatic N) is 4. The van der Waals surface area contributed by atoms with E-state index in [2.05, 4.69) is 93.1 Å². The highest BCUT2D eigenvalue weighted by molar-refractivity contribution is 5.99. The third kappa shape index (κ3) is 5.80. The third-order valence-electron chi connectivity index (χ3n) is 8.03. The van der Waals surface area contributed by atoms with Gasteiger partial charge in [-0.05, 0) is 48.2 Å². The van der Waals surface area contributed by atoms with Crippen molar-refractivity contribution in [3.63, 3.8) is 0 Å². The van der Waals surface area contributed by atoms with Gasteiger partial charge in [-0.15, -0.1) is 0 Å². The summed E-state index contributed by atoms with van der Waals surface area (Å²) in [5.41, 5.74) is 4.00. The Balaban J connectivity index is 1.23. The van der Waals surface area contributed by atoms with Crippen molar-refractivity contribution >= 4 is 28.7 Å². The van der Waals surface area contributed by atoms with E-state index in [4.69, 9.17) is 10.1 Å². The number of nitrogens with one attached hydrogen (secondary N) is 2. The summed E-state index contributed by atoms with van der Waals surface area (Å²) in [6, 6.07) is 35.8. The number of carboxylic acid groups (broad SMARTS) is 1. The SMILES string of the molecule is CC(NC(=O)c1ccc2c(cnn2CCCNc2nccn2C(c2ccccc2)(c2ccccc2)c2ccccc2)c1)C(=O)O. The summed E-state index contributed by atoms with van der Waals surface area (Å²) >= 11 is 0. The molecule has 2 heterocycles. The number of anilines is 1. The number of aromatic nitrogens is 4. The zero-order valence-corrected chi connectivity index (χ0v) is 24.9. The molecular weight excluding hydrogens is 564 g/mol. The van der Waals surface area contributed by atoms with E-state index in [1.807, 2.05) is 41.3 Å². The number of aryl methyl sites for hydroxylation is 1. The molecule has 2 aromatic heterocycles. The van der Waals surface area contributed by atoms with Gasteiger partial charge in [0, 0.05) is 36.4 Å². The van der Waals surface area contributed by atoms with Crippen molar-refractivity contribution in [2.75, 3.05) is 11.9 Å². The maximum atomic E-state index is 12.5. The maximum Gasteiger partial charge on any atom is 0.325 e. The first kappa shape index (κ1) is 29.4. The molecular formula is C36H34N6O3. The number of hydrogen-bond donors (Lipinski definition) is 3. The molecule has 1 unspecified atom stereocenters. The van der Waals surface area contributed by atoms with E-state index in [0.717, 1.165) is 40.0 Å². The molecule has 1 amide bonds. The summed E-state index contributed by atoms with van der Waals surface area (Å²) in [4.78, 5) is 28.3. The van der Waals surface area contributed by atoms with E-state index in [-0.39, 0.29) is 0 Å². The van der Waals surface area contributed by atoms with Crippen LogP contribution >= 0.6 is 0 Å². The molecule has 1 atom stereocenters. The number of benzene rings is 4. The van der Waals surface area contributed by atoms with E-state index in [1.54, 1.807) is 18.3 Å². The van der Waals surface area contributed by atoms with Crippen LogP contribution in [0.25, 0.3) is 10.9 Å². The van der Waals surface area contributed by atoms with E-state index < -0.39 is 23.5 Å². The van der Waals surface area contributed by atoms with Gasteiger partial charge in [0.15, 0.2) is 0 Å². The predicted molar refractivity (Wildman–Crippen MR) is 174 cm³/mol. The summed E-state index contributed by atoms with van der Waals surface area (Å²) in [6.07, 6.45) is 6.36. The van der Waals surface area contributed by atoms with Gasteiger partial charge in [-0.2, -0.15) is 5.10 Å². The fraction of sp³-hybridized carbons (Fsp3) is 0.167. The van der Waals surface area contributed by atoms with E-state index in [9.17, 15) is 9.59 Å². The minimum atomic E-state index is -1.08. The van der Waals surface area contributed by atoms with Crippen LogP contribution in [-0.2, 0) is 16.9 Å². The summed E-state index contributed by atoms with van der Waals surface area (Å²) in [7, 11) is 0. The Morgan fingerprint density at radius 3 is 2.04 bits per heavy atom. The van der Waals surface area contributed by atoms with Crippen molar-refractivity contribution in [2.24, 2.45) is 0 Å². The number of imidazole rings is 1. The lowest BCUT2D eigenvalue weighted by molar-refractivity contribution is -0.138. The smallest absolute Gasteiger partial charge is 0.325 e. The Kier molecular flexibility index (Phi) is 8.41. The molecule has 0 aliphatic rings. The molecule has 226 valence electrons. The van der Waals surface area contributed by atoms with E-state index in [1.165, 1.54) is 6.92 Å². The van der Waals surface area contributed by atoms with Gasteiger partial charge in [0.25, 0.3) is 5.91 Å². The predicted octanol–water partition coefficient (Wildman–Crippen LogP) is 5.78. The topological polar surface area (TPSA) is 114 Å². The van der Waals surface area contributed by atoms with Gasteiger partial charge in [0.2, 0.25) is 5.95 Å². The van der Waals surface area contributed by atoms with Crippen LogP contribution in [-0.4, -0.2) is 48.9 Å². The van der Waals surface area contributed by atoms with Gasteiger partial charge in [-0.3, -0.25) is 18.8 Å². The first-order valence-corrected chi connectivity index (χ1v) is 14.9. The van der Waals surface area contributed by atoms with Crippen LogP contribution in [0.2, 0.25) is 0 Å². The first-order valence-electron chi connectivity index (χ1n) is 14.9. The van der Waals surface area contributed by atoms with Crippen molar-refractivity contribution < 1.29 is 14.7 Å². The van der Waals surface area contributed by atoms with Gasteiger partial charge in [0.05, 0.1) is 11.7 Å². The molecule has 0 aliphatic heterocycles. The molecule has 0 radical (unpaired) electrons. The highest BCUT2D eigenvalue weighted by atomic mass is 16.4. The fourth-order valence-corrected chi connectivity index (χ4v) is 5.84. The Labute approximate surface area is 261 Å². The van der Waals surface area contributed by atoms with Gasteiger partial charge < -0.3 is 15.7 Å². The zero-order chi connectivity index (χ0) is 31.2. The molecule has 9 heteroatoms. The van der Waals surface area contributed by atoms with E-state index >= 15 is 0 Å². The largest absolute Gasteiger partial charge is 0.480 e. The van der Waals surface area contributed by atoms with Crippen LogP contribution in [0.5, 0.6) is 0 Å². The molecule has 0 bridgehead atoms. The Morgan fingerprint density at radius 2 is 1.47 bits per heavy atom. The normalized spacial score (nSPS) is 12.1. The number of hydrogen-bond acceptors (Lipinski definition) is 5. The van der Waals surface area contributed by atoms with Crippen LogP contribution in [0.1, 0.15) is 40.4 Å². The van der Waals surface area contributed by atoms with Crippen molar-refractivity contribution in [3.8, 4) is 0 Å². The minimum Gasteiger partial charge on any atom is -0.480 e. The second-order valence-electron chi connectivity index (χ2n) is 10.9. The molecule has 45 heavy (non-hydrogen) atoms. The number of rotatable bonds is 12. The summed E-state index contributed by atoms with van der Waals surface area (Å²) in [6.45, 7) is 2.74. The Hall–Kier alpha value is -5.70. The maximum absolute atomic E-state index is 12.5.